The number of aliphatic hydroxyl groups excluding tert-OH is 1. The number of hydrogen-bond acceptors (Lipinski definition) is 5. The van der Waals surface area contributed by atoms with Crippen molar-refractivity contribution in [3.05, 3.63) is 42.0 Å². The fourth-order valence-electron chi connectivity index (χ4n) is 2.01. The minimum absolute atomic E-state index is 0.0235. The van der Waals surface area contributed by atoms with Crippen LogP contribution >= 0.6 is 0 Å². The molecule has 2 N–H and O–H groups in total. The summed E-state index contributed by atoms with van der Waals surface area (Å²) in [7, 11) is 3.52. The minimum Gasteiger partial charge on any atom is -0.497 e. The number of aliphatic hydroxyl groups is 1. The van der Waals surface area contributed by atoms with Gasteiger partial charge in [0.05, 0.1) is 19.3 Å². The molecule has 0 aliphatic rings. The lowest BCUT2D eigenvalue weighted by Gasteiger charge is -2.17. The van der Waals surface area contributed by atoms with E-state index < -0.39 is 6.10 Å². The van der Waals surface area contributed by atoms with Crippen molar-refractivity contribution in [3.63, 3.8) is 0 Å². The topological polar surface area (TPSA) is 72.2 Å². The lowest BCUT2D eigenvalue weighted by Crippen LogP contribution is -2.26. The Labute approximate surface area is 118 Å². The molecule has 2 rings (SSSR count). The standard InChI is InChI=1S/C14H20N4O2/c1-10(14-17-16-9-18(14)2)15-8-13(19)11-4-6-12(20-3)7-5-11/h4-7,9-10,13,15,19H,8H2,1-3H3. The van der Waals surface area contributed by atoms with Gasteiger partial charge in [-0.3, -0.25) is 0 Å². The molecular formula is C14H20N4O2. The number of nitrogens with one attached hydrogen (secondary N) is 1. The zero-order valence-corrected chi connectivity index (χ0v) is 11.9. The normalized spacial score (nSPS) is 14.0. The summed E-state index contributed by atoms with van der Waals surface area (Å²) in [6.45, 7) is 2.44. The number of benzene rings is 1. The molecule has 2 aromatic rings. The van der Waals surface area contributed by atoms with Crippen LogP contribution in [0.3, 0.4) is 0 Å². The van der Waals surface area contributed by atoms with Gasteiger partial charge in [-0.15, -0.1) is 10.2 Å². The van der Waals surface area contributed by atoms with Gasteiger partial charge in [0, 0.05) is 13.6 Å². The first kappa shape index (κ1) is 14.5. The summed E-state index contributed by atoms with van der Waals surface area (Å²) in [4.78, 5) is 0. The summed E-state index contributed by atoms with van der Waals surface area (Å²) in [5, 5.41) is 21.3. The predicted octanol–water partition coefficient (Wildman–Crippen LogP) is 1.21. The van der Waals surface area contributed by atoms with E-state index in [9.17, 15) is 5.11 Å². The highest BCUT2D eigenvalue weighted by Gasteiger charge is 2.13. The van der Waals surface area contributed by atoms with Gasteiger partial charge in [0.2, 0.25) is 0 Å². The monoisotopic (exact) mass is 276 g/mol. The highest BCUT2D eigenvalue weighted by atomic mass is 16.5. The number of aromatic nitrogens is 3. The molecule has 0 aliphatic carbocycles. The van der Waals surface area contributed by atoms with Gasteiger partial charge in [0.1, 0.15) is 17.9 Å². The molecule has 0 bridgehead atoms. The summed E-state index contributed by atoms with van der Waals surface area (Å²) >= 11 is 0. The second-order valence-corrected chi connectivity index (χ2v) is 4.72. The van der Waals surface area contributed by atoms with E-state index in [1.54, 1.807) is 13.4 Å². The van der Waals surface area contributed by atoms with Crippen LogP contribution in [0.25, 0.3) is 0 Å². The van der Waals surface area contributed by atoms with Crippen molar-refractivity contribution < 1.29 is 9.84 Å². The zero-order valence-electron chi connectivity index (χ0n) is 11.9. The molecule has 0 spiro atoms. The van der Waals surface area contributed by atoms with Crippen molar-refractivity contribution in [2.24, 2.45) is 7.05 Å². The maximum atomic E-state index is 10.2. The average molecular weight is 276 g/mol. The van der Waals surface area contributed by atoms with E-state index in [-0.39, 0.29) is 6.04 Å². The third-order valence-corrected chi connectivity index (χ3v) is 3.25. The Morgan fingerprint density at radius 1 is 1.35 bits per heavy atom. The van der Waals surface area contributed by atoms with Crippen LogP contribution in [-0.2, 0) is 7.05 Å². The van der Waals surface area contributed by atoms with E-state index in [1.807, 2.05) is 42.8 Å². The first-order valence-corrected chi connectivity index (χ1v) is 6.51. The van der Waals surface area contributed by atoms with E-state index in [0.717, 1.165) is 17.1 Å². The van der Waals surface area contributed by atoms with Crippen LogP contribution < -0.4 is 10.1 Å². The van der Waals surface area contributed by atoms with E-state index in [2.05, 4.69) is 15.5 Å². The summed E-state index contributed by atoms with van der Waals surface area (Å²) in [5.41, 5.74) is 0.850. The molecule has 0 fully saturated rings. The Balaban J connectivity index is 1.91. The Morgan fingerprint density at radius 2 is 2.05 bits per heavy atom. The van der Waals surface area contributed by atoms with Crippen LogP contribution in [0.5, 0.6) is 5.75 Å². The van der Waals surface area contributed by atoms with Crippen LogP contribution in [-0.4, -0.2) is 33.5 Å². The number of aryl methyl sites for hydroxylation is 1. The Kier molecular flexibility index (Phi) is 4.70. The molecule has 1 heterocycles. The largest absolute Gasteiger partial charge is 0.497 e. The predicted molar refractivity (Wildman–Crippen MR) is 75.4 cm³/mol. The molecule has 0 aliphatic heterocycles. The van der Waals surface area contributed by atoms with Gasteiger partial charge < -0.3 is 19.7 Å². The van der Waals surface area contributed by atoms with Gasteiger partial charge in [-0.1, -0.05) is 12.1 Å². The van der Waals surface area contributed by atoms with E-state index in [4.69, 9.17) is 4.74 Å². The maximum Gasteiger partial charge on any atom is 0.149 e. The SMILES string of the molecule is COc1ccc(C(O)CNC(C)c2nncn2C)cc1. The Hall–Kier alpha value is -1.92. The number of nitrogens with zero attached hydrogens (tertiary/aromatic N) is 3. The van der Waals surface area contributed by atoms with E-state index in [1.165, 1.54) is 0 Å². The highest BCUT2D eigenvalue weighted by Crippen LogP contribution is 2.18. The second kappa shape index (κ2) is 6.49. The summed E-state index contributed by atoms with van der Waals surface area (Å²) in [6.07, 6.45) is 1.09. The molecule has 0 radical (unpaired) electrons. The second-order valence-electron chi connectivity index (χ2n) is 4.72. The van der Waals surface area contributed by atoms with Gasteiger partial charge in [-0.05, 0) is 24.6 Å². The summed E-state index contributed by atoms with van der Waals surface area (Å²) in [6, 6.07) is 7.42. The van der Waals surface area contributed by atoms with Crippen molar-refractivity contribution >= 4 is 0 Å². The molecular weight excluding hydrogens is 256 g/mol. The van der Waals surface area contributed by atoms with Gasteiger partial charge in [-0.2, -0.15) is 0 Å². The Morgan fingerprint density at radius 3 is 2.60 bits per heavy atom. The number of rotatable bonds is 6. The van der Waals surface area contributed by atoms with Gasteiger partial charge in [-0.25, -0.2) is 0 Å². The molecule has 0 saturated carbocycles. The maximum absolute atomic E-state index is 10.2. The number of ether oxygens (including phenoxy) is 1. The molecule has 6 heteroatoms. The highest BCUT2D eigenvalue weighted by molar-refractivity contribution is 5.28. The number of methoxy groups -OCH3 is 1. The first-order chi connectivity index (χ1) is 9.61. The van der Waals surface area contributed by atoms with Crippen molar-refractivity contribution in [3.8, 4) is 5.75 Å². The molecule has 6 nitrogen and oxygen atoms in total. The van der Waals surface area contributed by atoms with Gasteiger partial charge >= 0.3 is 0 Å². The van der Waals surface area contributed by atoms with Crippen molar-refractivity contribution in [2.45, 2.75) is 19.1 Å². The molecule has 108 valence electrons. The smallest absolute Gasteiger partial charge is 0.149 e. The lowest BCUT2D eigenvalue weighted by molar-refractivity contribution is 0.170. The number of hydrogen-bond donors (Lipinski definition) is 2. The van der Waals surface area contributed by atoms with Crippen molar-refractivity contribution in [2.75, 3.05) is 13.7 Å². The third-order valence-electron chi connectivity index (χ3n) is 3.25. The molecule has 2 unspecified atom stereocenters. The van der Waals surface area contributed by atoms with Crippen molar-refractivity contribution in [1.29, 1.82) is 0 Å². The quantitative estimate of drug-likeness (QED) is 0.829. The Bertz CT molecular complexity index is 538. The van der Waals surface area contributed by atoms with Crippen LogP contribution in [0.4, 0.5) is 0 Å². The van der Waals surface area contributed by atoms with Crippen LogP contribution in [0.2, 0.25) is 0 Å². The molecule has 20 heavy (non-hydrogen) atoms. The van der Waals surface area contributed by atoms with Crippen LogP contribution in [0.1, 0.15) is 30.5 Å². The molecule has 0 amide bonds. The van der Waals surface area contributed by atoms with E-state index >= 15 is 0 Å². The molecule has 1 aromatic carbocycles. The zero-order chi connectivity index (χ0) is 14.5. The average Bonchev–Trinajstić information content (AvgIpc) is 2.90. The molecule has 1 aromatic heterocycles. The van der Waals surface area contributed by atoms with E-state index in [0.29, 0.717) is 6.54 Å². The van der Waals surface area contributed by atoms with Crippen LogP contribution in [0, 0.1) is 0 Å². The van der Waals surface area contributed by atoms with Gasteiger partial charge in [0.25, 0.3) is 0 Å². The lowest BCUT2D eigenvalue weighted by atomic mass is 10.1. The summed E-state index contributed by atoms with van der Waals surface area (Å²) in [5.74, 6) is 1.62. The first-order valence-electron chi connectivity index (χ1n) is 6.51. The fraction of sp³-hybridized carbons (Fsp3) is 0.429. The molecule has 2 atom stereocenters. The van der Waals surface area contributed by atoms with Crippen molar-refractivity contribution in [1.82, 2.24) is 20.1 Å². The van der Waals surface area contributed by atoms with Gasteiger partial charge in [0.15, 0.2) is 0 Å². The minimum atomic E-state index is -0.573. The third kappa shape index (κ3) is 3.34. The molecule has 0 saturated heterocycles. The summed E-state index contributed by atoms with van der Waals surface area (Å²) < 4.78 is 6.95. The van der Waals surface area contributed by atoms with Crippen LogP contribution in [0.15, 0.2) is 30.6 Å². The fourth-order valence-corrected chi connectivity index (χ4v) is 2.01.